The minimum atomic E-state index is -2.00. The largest absolute Gasteiger partial charge is 0.481 e. The van der Waals surface area contributed by atoms with Crippen LogP contribution in [0, 0.1) is 23.7 Å². The van der Waals surface area contributed by atoms with Gasteiger partial charge in [0.15, 0.2) is 11.9 Å². The van der Waals surface area contributed by atoms with E-state index >= 15 is 0 Å². The molecule has 0 aromatic rings. The fourth-order valence-corrected chi connectivity index (χ4v) is 3.91. The molecule has 0 radical (unpaired) electrons. The monoisotopic (exact) mass is 556 g/mol. The normalized spacial score (nSPS) is 15.7. The van der Waals surface area contributed by atoms with Crippen molar-refractivity contribution >= 4 is 41.4 Å². The summed E-state index contributed by atoms with van der Waals surface area (Å²) >= 11 is 0. The number of amides is 4. The molecule has 0 heterocycles. The number of carboxylic acids is 2. The Morgan fingerprint density at radius 3 is 1.77 bits per heavy atom. The van der Waals surface area contributed by atoms with Crippen LogP contribution in [0.5, 0.6) is 0 Å². The molecule has 1 aliphatic rings. The molecule has 1 saturated carbocycles. The number of ketones is 1. The zero-order valence-electron chi connectivity index (χ0n) is 22.4. The first-order valence-corrected chi connectivity index (χ1v) is 13.1. The lowest BCUT2D eigenvalue weighted by Crippen LogP contribution is -2.44. The second kappa shape index (κ2) is 17.1. The van der Waals surface area contributed by atoms with Crippen LogP contribution in [0.25, 0.3) is 0 Å². The minimum absolute atomic E-state index is 0.0330. The Hall–Kier alpha value is -3.55. The number of hydrogen-bond acceptors (Lipinski definition) is 8. The number of hydrogen-bond donors (Lipinski definition) is 7. The summed E-state index contributed by atoms with van der Waals surface area (Å²) < 4.78 is 0. The van der Waals surface area contributed by atoms with Gasteiger partial charge < -0.3 is 36.6 Å². The van der Waals surface area contributed by atoms with Gasteiger partial charge in [-0.2, -0.15) is 0 Å². The molecule has 220 valence electrons. The van der Waals surface area contributed by atoms with Crippen LogP contribution in [0.15, 0.2) is 0 Å². The molecule has 1 fully saturated rings. The van der Waals surface area contributed by atoms with E-state index in [0.29, 0.717) is 6.42 Å². The van der Waals surface area contributed by atoms with Crippen LogP contribution in [-0.4, -0.2) is 89.0 Å². The highest BCUT2D eigenvalue weighted by molar-refractivity contribution is 6.04. The summed E-state index contributed by atoms with van der Waals surface area (Å²) in [4.78, 5) is 82.3. The standard InChI is InChI=1S/C25H40N4O10/c1-3-14(2)16(12-20(32)33)23(37)27-10-11-29-25(39)22(36)18(30)6-7-19(31)26-8-9-28-24(38)17(13-21(34)35)15-4-5-15/h14-17,22,36H,3-13H2,1-2H3,(H,26,31)(H,27,37)(H,28,38)(H,29,39)(H,32,33)(H,34,35)/t14?,16?,17?,22-/m0/s1. The van der Waals surface area contributed by atoms with E-state index in [2.05, 4.69) is 21.3 Å². The summed E-state index contributed by atoms with van der Waals surface area (Å²) in [6, 6.07) is 0. The molecule has 39 heavy (non-hydrogen) atoms. The third-order valence-electron chi connectivity index (χ3n) is 6.61. The van der Waals surface area contributed by atoms with Crippen molar-refractivity contribution in [2.45, 2.75) is 64.9 Å². The molecule has 0 aromatic heterocycles. The van der Waals surface area contributed by atoms with Crippen molar-refractivity contribution in [2.75, 3.05) is 26.2 Å². The smallest absolute Gasteiger partial charge is 0.304 e. The van der Waals surface area contributed by atoms with Crippen molar-refractivity contribution in [3.63, 3.8) is 0 Å². The molecule has 4 amide bonds. The number of carbonyl (C=O) groups is 7. The van der Waals surface area contributed by atoms with E-state index in [0.717, 1.165) is 12.8 Å². The van der Waals surface area contributed by atoms with Gasteiger partial charge in [0.25, 0.3) is 5.91 Å². The first-order chi connectivity index (χ1) is 18.4. The molecule has 14 nitrogen and oxygen atoms in total. The van der Waals surface area contributed by atoms with Gasteiger partial charge in [0.1, 0.15) is 0 Å². The zero-order valence-corrected chi connectivity index (χ0v) is 22.4. The van der Waals surface area contributed by atoms with Gasteiger partial charge in [0, 0.05) is 39.0 Å². The summed E-state index contributed by atoms with van der Waals surface area (Å²) in [6.07, 6.45) is -1.04. The first-order valence-electron chi connectivity index (χ1n) is 13.1. The lowest BCUT2D eigenvalue weighted by atomic mass is 9.88. The van der Waals surface area contributed by atoms with Crippen LogP contribution in [0.1, 0.15) is 58.8 Å². The summed E-state index contributed by atoms with van der Waals surface area (Å²) in [5.74, 6) is -6.81. The molecule has 1 aliphatic carbocycles. The van der Waals surface area contributed by atoms with E-state index in [1.54, 1.807) is 6.92 Å². The molecule has 3 unspecified atom stereocenters. The second-order valence-corrected chi connectivity index (χ2v) is 9.72. The molecule has 4 atom stereocenters. The third kappa shape index (κ3) is 13.2. The van der Waals surface area contributed by atoms with Gasteiger partial charge in [0.05, 0.1) is 24.7 Å². The van der Waals surface area contributed by atoms with Gasteiger partial charge in [-0.1, -0.05) is 20.3 Å². The van der Waals surface area contributed by atoms with Crippen LogP contribution in [0.4, 0.5) is 0 Å². The van der Waals surface area contributed by atoms with Gasteiger partial charge in [-0.05, 0) is 24.7 Å². The molecule has 0 spiro atoms. The fraction of sp³-hybridized carbons (Fsp3) is 0.720. The first kappa shape index (κ1) is 33.5. The average Bonchev–Trinajstić information content (AvgIpc) is 3.73. The molecular weight excluding hydrogens is 516 g/mol. The molecule has 0 saturated heterocycles. The van der Waals surface area contributed by atoms with Crippen LogP contribution in [-0.2, 0) is 33.6 Å². The maximum atomic E-state index is 12.3. The minimum Gasteiger partial charge on any atom is -0.481 e. The van der Waals surface area contributed by atoms with E-state index in [-0.39, 0.29) is 63.2 Å². The number of aliphatic hydroxyl groups is 1. The molecule has 14 heteroatoms. The number of carbonyl (C=O) groups excluding carboxylic acids is 5. The molecule has 7 N–H and O–H groups in total. The highest BCUT2D eigenvalue weighted by Gasteiger charge is 2.37. The third-order valence-corrected chi connectivity index (χ3v) is 6.61. The molecule has 1 rings (SSSR count). The Balaban J connectivity index is 2.26. The Morgan fingerprint density at radius 2 is 1.26 bits per heavy atom. The van der Waals surface area contributed by atoms with Crippen molar-refractivity contribution in [2.24, 2.45) is 23.7 Å². The maximum absolute atomic E-state index is 12.3. The molecular formula is C25H40N4O10. The predicted octanol–water partition coefficient (Wildman–Crippen LogP) is -1.20. The Morgan fingerprint density at radius 1 is 0.744 bits per heavy atom. The molecule has 0 aromatic carbocycles. The van der Waals surface area contributed by atoms with Gasteiger partial charge >= 0.3 is 11.9 Å². The van der Waals surface area contributed by atoms with E-state index in [9.17, 15) is 38.7 Å². The summed E-state index contributed by atoms with van der Waals surface area (Å²) in [6.45, 7) is 3.61. The molecule has 0 bridgehead atoms. The quantitative estimate of drug-likeness (QED) is 0.0699. The van der Waals surface area contributed by atoms with E-state index in [4.69, 9.17) is 10.2 Å². The van der Waals surface area contributed by atoms with E-state index < -0.39 is 59.8 Å². The second-order valence-electron chi connectivity index (χ2n) is 9.72. The zero-order chi connectivity index (χ0) is 29.5. The van der Waals surface area contributed by atoms with Gasteiger partial charge in [0.2, 0.25) is 17.7 Å². The van der Waals surface area contributed by atoms with Crippen LogP contribution in [0.3, 0.4) is 0 Å². The number of carboxylic acid groups (broad SMARTS) is 2. The van der Waals surface area contributed by atoms with Crippen LogP contribution < -0.4 is 21.3 Å². The van der Waals surface area contributed by atoms with Gasteiger partial charge in [-0.25, -0.2) is 0 Å². The number of Topliss-reactive ketones (excluding diaryl/α,β-unsaturated/α-hetero) is 1. The van der Waals surface area contributed by atoms with Gasteiger partial charge in [-0.3, -0.25) is 33.6 Å². The fourth-order valence-electron chi connectivity index (χ4n) is 3.91. The molecule has 0 aliphatic heterocycles. The summed E-state index contributed by atoms with van der Waals surface area (Å²) in [5, 5.41) is 37.7. The Bertz CT molecular complexity index is 905. The van der Waals surface area contributed by atoms with Crippen LogP contribution in [0.2, 0.25) is 0 Å². The Labute approximate surface area is 226 Å². The van der Waals surface area contributed by atoms with Crippen molar-refractivity contribution in [3.8, 4) is 0 Å². The maximum Gasteiger partial charge on any atom is 0.304 e. The number of aliphatic hydroxyl groups excluding tert-OH is 1. The lowest BCUT2D eigenvalue weighted by molar-refractivity contribution is -0.142. The van der Waals surface area contributed by atoms with Crippen LogP contribution >= 0.6 is 0 Å². The number of rotatable bonds is 20. The van der Waals surface area contributed by atoms with Crippen molar-refractivity contribution in [3.05, 3.63) is 0 Å². The summed E-state index contributed by atoms with van der Waals surface area (Å²) in [5.41, 5.74) is 0. The summed E-state index contributed by atoms with van der Waals surface area (Å²) in [7, 11) is 0. The lowest BCUT2D eigenvalue weighted by Gasteiger charge is -2.20. The Kier molecular flexibility index (Phi) is 14.7. The van der Waals surface area contributed by atoms with Gasteiger partial charge in [-0.15, -0.1) is 0 Å². The van der Waals surface area contributed by atoms with Crippen molar-refractivity contribution in [1.82, 2.24) is 21.3 Å². The van der Waals surface area contributed by atoms with E-state index in [1.807, 2.05) is 6.92 Å². The number of nitrogens with one attached hydrogen (secondary N) is 4. The highest BCUT2D eigenvalue weighted by atomic mass is 16.4. The number of aliphatic carboxylic acids is 2. The predicted molar refractivity (Wildman–Crippen MR) is 136 cm³/mol. The average molecular weight is 557 g/mol. The van der Waals surface area contributed by atoms with Crippen molar-refractivity contribution < 1.29 is 48.9 Å². The van der Waals surface area contributed by atoms with E-state index in [1.165, 1.54) is 0 Å². The SMILES string of the molecule is CCC(C)C(CC(=O)O)C(=O)NCCNC(=O)[C@@H](O)C(=O)CCC(=O)NCCNC(=O)C(CC(=O)O)C1CC1. The van der Waals surface area contributed by atoms with Crippen molar-refractivity contribution in [1.29, 1.82) is 0 Å². The topological polar surface area (TPSA) is 228 Å². The highest BCUT2D eigenvalue weighted by Crippen LogP contribution is 2.38.